The second-order valence-electron chi connectivity index (χ2n) is 11.3. The molecule has 0 radical (unpaired) electrons. The van der Waals surface area contributed by atoms with Crippen molar-refractivity contribution in [2.75, 3.05) is 19.2 Å². The van der Waals surface area contributed by atoms with Gasteiger partial charge in [0.25, 0.3) is 11.8 Å². The molecule has 1 saturated heterocycles. The van der Waals surface area contributed by atoms with Crippen molar-refractivity contribution in [2.45, 2.75) is 31.9 Å². The number of carbonyl (C=O) groups is 4. The molecule has 45 heavy (non-hydrogen) atoms. The standard InChI is InChI=1S/C31H24ClF3IN3O6/c1-12-8-20(40)17-11-16-14(23(25(17)26(12)41)13-9-19(36)27(42)21(10-13)45-3)4-5-15-24(16)30(44)39(29(15)43)38(2)28-18(32)6-7-22(37-28)31(33,34)35/h4,6-10,15-16,23-24,42H,5,11H2,1-3H3/t15-,16+,23-,24-/m0/s1. The van der Waals surface area contributed by atoms with Crippen LogP contribution < -0.4 is 9.75 Å². The third kappa shape index (κ3) is 4.85. The lowest BCUT2D eigenvalue weighted by atomic mass is 9.59. The third-order valence-corrected chi connectivity index (χ3v) is 9.99. The second-order valence-corrected chi connectivity index (χ2v) is 12.9. The monoisotopic (exact) mass is 753 g/mol. The molecule has 3 aliphatic carbocycles. The number of pyridine rings is 1. The smallest absolute Gasteiger partial charge is 0.433 e. The number of hydrogen-bond acceptors (Lipinski definition) is 8. The van der Waals surface area contributed by atoms with Gasteiger partial charge in [0.15, 0.2) is 28.9 Å². The minimum absolute atomic E-state index is 0.0125. The van der Waals surface area contributed by atoms with Gasteiger partial charge in [-0.2, -0.15) is 18.2 Å². The Morgan fingerprint density at radius 1 is 1.13 bits per heavy atom. The lowest BCUT2D eigenvalue weighted by Gasteiger charge is -2.42. The van der Waals surface area contributed by atoms with Gasteiger partial charge in [-0.1, -0.05) is 23.3 Å². The predicted octanol–water partition coefficient (Wildman–Crippen LogP) is 5.55. The highest BCUT2D eigenvalue weighted by Gasteiger charge is 2.57. The highest BCUT2D eigenvalue weighted by Crippen LogP contribution is 2.56. The van der Waals surface area contributed by atoms with Crippen molar-refractivity contribution < 1.29 is 42.2 Å². The lowest BCUT2D eigenvalue weighted by molar-refractivity contribution is -0.141. The Balaban J connectivity index is 1.45. The maximum Gasteiger partial charge on any atom is 0.433 e. The first-order chi connectivity index (χ1) is 21.1. The number of hydrogen-bond donors (Lipinski definition) is 1. The molecule has 2 heterocycles. The number of halogens is 5. The van der Waals surface area contributed by atoms with Gasteiger partial charge in [0, 0.05) is 29.7 Å². The van der Waals surface area contributed by atoms with E-state index in [9.17, 15) is 37.5 Å². The van der Waals surface area contributed by atoms with E-state index in [1.54, 1.807) is 19.1 Å². The molecule has 0 spiro atoms. The quantitative estimate of drug-likeness (QED) is 0.187. The highest BCUT2D eigenvalue weighted by molar-refractivity contribution is 14.1. The summed E-state index contributed by atoms with van der Waals surface area (Å²) < 4.78 is 46.2. The number of imide groups is 1. The van der Waals surface area contributed by atoms with Crippen LogP contribution in [0.2, 0.25) is 5.02 Å². The molecule has 1 aromatic carbocycles. The zero-order valence-electron chi connectivity index (χ0n) is 23.9. The van der Waals surface area contributed by atoms with Crippen LogP contribution in [0, 0.1) is 21.3 Å². The van der Waals surface area contributed by atoms with E-state index in [2.05, 4.69) is 4.98 Å². The Hall–Kier alpha value is -3.72. The SMILES string of the molecule is COc1cc([C@H]2C3=CC[C@@H]4C(=O)N(N(C)c5nc(C(F)(F)F)ccc5Cl)C(=O)[C@@H]4[C@@H]3CC3=C2C(=O)C(C)=CC3=O)cc(I)c1O. The molecule has 0 saturated carbocycles. The number of hydrazine groups is 1. The van der Waals surface area contributed by atoms with Crippen molar-refractivity contribution in [1.29, 1.82) is 0 Å². The van der Waals surface area contributed by atoms with Crippen LogP contribution in [0.3, 0.4) is 0 Å². The maximum atomic E-state index is 14.1. The number of allylic oxidation sites excluding steroid dienone is 6. The average molecular weight is 754 g/mol. The molecule has 1 fully saturated rings. The van der Waals surface area contributed by atoms with Crippen LogP contribution in [-0.2, 0) is 25.4 Å². The largest absolute Gasteiger partial charge is 0.504 e. The summed E-state index contributed by atoms with van der Waals surface area (Å²) in [5, 5.41) is 12.0. The van der Waals surface area contributed by atoms with E-state index < -0.39 is 53.2 Å². The number of phenols is 1. The number of amides is 2. The Morgan fingerprint density at radius 3 is 2.51 bits per heavy atom. The fourth-order valence-corrected chi connectivity index (χ4v) is 7.70. The molecule has 4 aliphatic rings. The normalized spacial score (nSPS) is 24.7. The van der Waals surface area contributed by atoms with Crippen LogP contribution in [0.25, 0.3) is 0 Å². The van der Waals surface area contributed by atoms with Gasteiger partial charge in [-0.05, 0) is 84.2 Å². The number of anilines is 1. The number of ether oxygens (including phenoxy) is 1. The summed E-state index contributed by atoms with van der Waals surface area (Å²) >= 11 is 8.12. The van der Waals surface area contributed by atoms with Gasteiger partial charge in [-0.3, -0.25) is 24.2 Å². The van der Waals surface area contributed by atoms with Gasteiger partial charge in [-0.15, -0.1) is 0 Å². The summed E-state index contributed by atoms with van der Waals surface area (Å²) in [5.41, 5.74) is 0.743. The van der Waals surface area contributed by atoms with Crippen LogP contribution in [-0.4, -0.2) is 52.6 Å². The molecular formula is C31H24ClF3IN3O6. The number of Topliss-reactive ketones (excluding diaryl/α,β-unsaturated/α-hetero) is 1. The number of aromatic hydroxyl groups is 1. The van der Waals surface area contributed by atoms with Crippen LogP contribution >= 0.6 is 34.2 Å². The Morgan fingerprint density at radius 2 is 1.84 bits per heavy atom. The minimum Gasteiger partial charge on any atom is -0.504 e. The van der Waals surface area contributed by atoms with Gasteiger partial charge >= 0.3 is 6.18 Å². The van der Waals surface area contributed by atoms with Gasteiger partial charge in [0.05, 0.1) is 27.5 Å². The van der Waals surface area contributed by atoms with Crippen molar-refractivity contribution in [1.82, 2.24) is 9.99 Å². The van der Waals surface area contributed by atoms with Crippen LogP contribution in [0.15, 0.2) is 58.7 Å². The molecule has 6 rings (SSSR count). The average Bonchev–Trinajstić information content (AvgIpc) is 3.24. The fourth-order valence-electron chi connectivity index (χ4n) is 6.85. The van der Waals surface area contributed by atoms with Gasteiger partial charge in [0.2, 0.25) is 0 Å². The highest BCUT2D eigenvalue weighted by atomic mass is 127. The molecule has 1 aliphatic heterocycles. The molecule has 14 heteroatoms. The fraction of sp³-hybridized carbons (Fsp3) is 0.323. The molecule has 0 unspecified atom stereocenters. The number of carbonyl (C=O) groups excluding carboxylic acids is 4. The number of benzene rings is 1. The summed E-state index contributed by atoms with van der Waals surface area (Å²) in [7, 11) is 2.62. The Kier molecular flexibility index (Phi) is 7.62. The number of rotatable bonds is 4. The van der Waals surface area contributed by atoms with Crippen molar-refractivity contribution in [3.63, 3.8) is 0 Å². The van der Waals surface area contributed by atoms with E-state index in [1.165, 1.54) is 20.2 Å². The number of alkyl halides is 3. The third-order valence-electron chi connectivity index (χ3n) is 8.87. The van der Waals surface area contributed by atoms with Crippen LogP contribution in [0.1, 0.15) is 36.9 Å². The minimum atomic E-state index is -4.79. The first-order valence-corrected chi connectivity index (χ1v) is 15.2. The number of nitrogens with zero attached hydrogens (tertiary/aromatic N) is 3. The summed E-state index contributed by atoms with van der Waals surface area (Å²) in [6, 6.07) is 4.96. The molecule has 2 aromatic rings. The molecule has 9 nitrogen and oxygen atoms in total. The van der Waals surface area contributed by atoms with Crippen LogP contribution in [0.5, 0.6) is 11.5 Å². The molecule has 4 atom stereocenters. The van der Waals surface area contributed by atoms with E-state index in [4.69, 9.17) is 16.3 Å². The lowest BCUT2D eigenvalue weighted by Crippen LogP contribution is -2.46. The van der Waals surface area contributed by atoms with Gasteiger partial charge < -0.3 is 9.84 Å². The first-order valence-electron chi connectivity index (χ1n) is 13.8. The zero-order chi connectivity index (χ0) is 32.7. The molecule has 1 N–H and O–H groups in total. The van der Waals surface area contributed by atoms with Crippen LogP contribution in [0.4, 0.5) is 19.0 Å². The molecular weight excluding hydrogens is 730 g/mol. The van der Waals surface area contributed by atoms with Gasteiger partial charge in [-0.25, -0.2) is 4.98 Å². The van der Waals surface area contributed by atoms with E-state index in [1.807, 2.05) is 28.7 Å². The first kappa shape index (κ1) is 31.3. The summed E-state index contributed by atoms with van der Waals surface area (Å²) in [4.78, 5) is 58.5. The Bertz CT molecular complexity index is 1820. The molecule has 1 aromatic heterocycles. The van der Waals surface area contributed by atoms with Crippen molar-refractivity contribution >= 4 is 63.4 Å². The molecule has 234 valence electrons. The number of methoxy groups -OCH3 is 1. The summed E-state index contributed by atoms with van der Waals surface area (Å²) in [5.74, 6) is -5.70. The van der Waals surface area contributed by atoms with E-state index >= 15 is 0 Å². The van der Waals surface area contributed by atoms with E-state index in [0.29, 0.717) is 20.8 Å². The predicted molar refractivity (Wildman–Crippen MR) is 163 cm³/mol. The van der Waals surface area contributed by atoms with Crippen molar-refractivity contribution in [2.24, 2.45) is 17.8 Å². The number of aromatic nitrogens is 1. The molecule has 2 amide bonds. The molecule has 0 bridgehead atoms. The van der Waals surface area contributed by atoms with E-state index in [0.717, 1.165) is 16.1 Å². The van der Waals surface area contributed by atoms with Crippen molar-refractivity contribution in [3.8, 4) is 11.5 Å². The summed E-state index contributed by atoms with van der Waals surface area (Å²) in [6.45, 7) is 1.55. The topological polar surface area (TPSA) is 117 Å². The number of phenolic OH excluding ortho intramolecular Hbond substituents is 1. The second kappa shape index (κ2) is 11.0. The number of fused-ring (bicyclic) bond motifs is 3. The van der Waals surface area contributed by atoms with Crippen molar-refractivity contribution in [3.05, 3.63) is 78.6 Å². The Labute approximate surface area is 273 Å². The van der Waals surface area contributed by atoms with Gasteiger partial charge in [0.1, 0.15) is 5.69 Å². The number of ketones is 2. The summed E-state index contributed by atoms with van der Waals surface area (Å²) in [6.07, 6.45) is -1.60. The van der Waals surface area contributed by atoms with E-state index in [-0.39, 0.29) is 57.6 Å². The maximum absolute atomic E-state index is 14.1. The zero-order valence-corrected chi connectivity index (χ0v) is 26.8.